The van der Waals surface area contributed by atoms with Crippen molar-refractivity contribution in [1.29, 1.82) is 0 Å². The van der Waals surface area contributed by atoms with Crippen LogP contribution in [0.25, 0.3) is 11.3 Å². The number of hydrogen-bond acceptors (Lipinski definition) is 3. The van der Waals surface area contributed by atoms with Crippen LogP contribution in [0.4, 0.5) is 13.2 Å². The number of alkyl halides is 3. The molecule has 8 heteroatoms. The van der Waals surface area contributed by atoms with Crippen molar-refractivity contribution >= 4 is 18.3 Å². The zero-order chi connectivity index (χ0) is 19.6. The highest BCUT2D eigenvalue weighted by Gasteiger charge is 2.31. The van der Waals surface area contributed by atoms with Crippen molar-refractivity contribution in [3.63, 3.8) is 0 Å². The van der Waals surface area contributed by atoms with E-state index in [1.807, 2.05) is 0 Å². The van der Waals surface area contributed by atoms with Gasteiger partial charge in [0.1, 0.15) is 0 Å². The second kappa shape index (κ2) is 8.92. The Labute approximate surface area is 168 Å². The van der Waals surface area contributed by atoms with Gasteiger partial charge in [0.05, 0.1) is 11.3 Å². The van der Waals surface area contributed by atoms with Crippen LogP contribution >= 0.6 is 12.4 Å². The molecule has 0 aliphatic carbocycles. The zero-order valence-corrected chi connectivity index (χ0v) is 16.3. The fourth-order valence-electron chi connectivity index (χ4n) is 3.44. The van der Waals surface area contributed by atoms with Gasteiger partial charge in [-0.2, -0.15) is 13.2 Å². The molecule has 1 amide bonds. The Hall–Kier alpha value is -2.12. The Kier molecular flexibility index (Phi) is 7.06. The van der Waals surface area contributed by atoms with Crippen LogP contribution in [0.3, 0.4) is 0 Å². The summed E-state index contributed by atoms with van der Waals surface area (Å²) in [5.74, 6) is -0.0927. The molecule has 28 heavy (non-hydrogen) atoms. The minimum absolute atomic E-state index is 0. The average molecular weight is 414 g/mol. The number of nitrogens with two attached hydrogens (primary N) is 1. The third kappa shape index (κ3) is 4.83. The number of piperidine rings is 1. The molecule has 0 saturated carbocycles. The van der Waals surface area contributed by atoms with Crippen LogP contribution in [-0.2, 0) is 6.18 Å². The van der Waals surface area contributed by atoms with Gasteiger partial charge in [-0.25, -0.2) is 0 Å². The van der Waals surface area contributed by atoms with Crippen molar-refractivity contribution in [2.24, 2.45) is 5.73 Å². The number of benzene rings is 1. The van der Waals surface area contributed by atoms with Gasteiger partial charge in [-0.1, -0.05) is 12.1 Å². The molecule has 1 unspecified atom stereocenters. The Balaban J connectivity index is 0.00000280. The summed E-state index contributed by atoms with van der Waals surface area (Å²) in [5, 5.41) is 0. The first-order valence-corrected chi connectivity index (χ1v) is 8.97. The Morgan fingerprint density at radius 3 is 2.50 bits per heavy atom. The molecule has 1 aliphatic heterocycles. The van der Waals surface area contributed by atoms with Crippen LogP contribution < -0.4 is 5.73 Å². The Morgan fingerprint density at radius 2 is 1.89 bits per heavy atom. The van der Waals surface area contributed by atoms with E-state index in [0.717, 1.165) is 31.4 Å². The number of halogens is 4. The molecule has 0 radical (unpaired) electrons. The number of nitrogens with zero attached hydrogens (tertiary/aromatic N) is 2. The first kappa shape index (κ1) is 22.2. The molecular formula is C20H23ClF3N3O. The number of carbonyl (C=O) groups is 1. The summed E-state index contributed by atoms with van der Waals surface area (Å²) in [7, 11) is 0. The molecule has 4 nitrogen and oxygen atoms in total. The van der Waals surface area contributed by atoms with E-state index in [-0.39, 0.29) is 30.0 Å². The molecular weight excluding hydrogens is 391 g/mol. The summed E-state index contributed by atoms with van der Waals surface area (Å²) >= 11 is 0. The van der Waals surface area contributed by atoms with E-state index in [4.69, 9.17) is 5.73 Å². The maximum atomic E-state index is 13.0. The predicted octanol–water partition coefficient (Wildman–Crippen LogP) is 4.45. The van der Waals surface area contributed by atoms with E-state index in [0.29, 0.717) is 29.9 Å². The third-order valence-corrected chi connectivity index (χ3v) is 4.87. The lowest BCUT2D eigenvalue weighted by atomic mass is 10.00. The molecule has 152 valence electrons. The molecule has 1 fully saturated rings. The fraction of sp³-hybridized carbons (Fsp3) is 0.400. The highest BCUT2D eigenvalue weighted by Crippen LogP contribution is 2.32. The highest BCUT2D eigenvalue weighted by molar-refractivity contribution is 5.95. The van der Waals surface area contributed by atoms with Crippen LogP contribution in [0.15, 0.2) is 36.4 Å². The van der Waals surface area contributed by atoms with Crippen molar-refractivity contribution in [3.8, 4) is 11.3 Å². The Bertz CT molecular complexity index is 824. The number of aromatic nitrogens is 1. The van der Waals surface area contributed by atoms with E-state index in [9.17, 15) is 18.0 Å². The molecule has 1 saturated heterocycles. The number of likely N-dealkylation sites (tertiary alicyclic amines) is 1. The predicted molar refractivity (Wildman–Crippen MR) is 104 cm³/mol. The minimum atomic E-state index is -4.43. The minimum Gasteiger partial charge on any atom is -0.334 e. The third-order valence-electron chi connectivity index (χ3n) is 4.87. The van der Waals surface area contributed by atoms with E-state index in [2.05, 4.69) is 4.98 Å². The molecule has 1 aromatic heterocycles. The number of hydrogen-bond donors (Lipinski definition) is 1. The number of pyridine rings is 1. The standard InChI is InChI=1S/C20H22F3N3O.ClH/c1-13-10-16(20(21,22)23)11-18(25-13)14-5-7-15(8-6-14)19(27)26-9-3-2-4-17(26)12-24;/h5-8,10-11,17H,2-4,9,12,24H2,1H3;1H. The van der Waals surface area contributed by atoms with Crippen LogP contribution in [-0.4, -0.2) is 34.9 Å². The molecule has 3 rings (SSSR count). The van der Waals surface area contributed by atoms with Gasteiger partial charge in [0.2, 0.25) is 0 Å². The lowest BCUT2D eigenvalue weighted by molar-refractivity contribution is -0.137. The molecule has 1 atom stereocenters. The van der Waals surface area contributed by atoms with Gasteiger partial charge in [0, 0.05) is 36.0 Å². The smallest absolute Gasteiger partial charge is 0.334 e. The van der Waals surface area contributed by atoms with Crippen LogP contribution in [0.2, 0.25) is 0 Å². The molecule has 2 aromatic rings. The number of amides is 1. The summed E-state index contributed by atoms with van der Waals surface area (Å²) in [6.45, 7) is 2.63. The van der Waals surface area contributed by atoms with Gasteiger partial charge in [-0.3, -0.25) is 9.78 Å². The largest absolute Gasteiger partial charge is 0.416 e. The van der Waals surface area contributed by atoms with Crippen LogP contribution in [0.1, 0.15) is 40.9 Å². The number of aryl methyl sites for hydroxylation is 1. The summed E-state index contributed by atoms with van der Waals surface area (Å²) in [4.78, 5) is 18.8. The number of carbonyl (C=O) groups excluding carboxylic acids is 1. The van der Waals surface area contributed by atoms with Gasteiger partial charge in [0.15, 0.2) is 0 Å². The molecule has 0 bridgehead atoms. The Morgan fingerprint density at radius 1 is 1.21 bits per heavy atom. The van der Waals surface area contributed by atoms with E-state index >= 15 is 0 Å². The van der Waals surface area contributed by atoms with Crippen LogP contribution in [0.5, 0.6) is 0 Å². The van der Waals surface area contributed by atoms with Gasteiger partial charge in [-0.15, -0.1) is 12.4 Å². The maximum Gasteiger partial charge on any atom is 0.416 e. The monoisotopic (exact) mass is 413 g/mol. The maximum absolute atomic E-state index is 13.0. The van der Waals surface area contributed by atoms with E-state index in [1.54, 1.807) is 29.2 Å². The van der Waals surface area contributed by atoms with Crippen molar-refractivity contribution in [2.45, 2.75) is 38.4 Å². The average Bonchev–Trinajstić information content (AvgIpc) is 2.66. The topological polar surface area (TPSA) is 59.2 Å². The quantitative estimate of drug-likeness (QED) is 0.808. The highest BCUT2D eigenvalue weighted by atomic mass is 35.5. The summed E-state index contributed by atoms with van der Waals surface area (Å²) in [6, 6.07) is 8.63. The van der Waals surface area contributed by atoms with Crippen molar-refractivity contribution < 1.29 is 18.0 Å². The zero-order valence-electron chi connectivity index (χ0n) is 15.5. The summed E-state index contributed by atoms with van der Waals surface area (Å²) in [6.07, 6.45) is -1.52. The lowest BCUT2D eigenvalue weighted by Gasteiger charge is -2.35. The number of rotatable bonds is 3. The first-order chi connectivity index (χ1) is 12.8. The van der Waals surface area contributed by atoms with Crippen molar-refractivity contribution in [2.75, 3.05) is 13.1 Å². The SMILES string of the molecule is Cc1cc(C(F)(F)F)cc(-c2ccc(C(=O)N3CCCCC3CN)cc2)n1.Cl. The fourth-order valence-corrected chi connectivity index (χ4v) is 3.44. The van der Waals surface area contributed by atoms with Crippen molar-refractivity contribution in [1.82, 2.24) is 9.88 Å². The molecule has 2 heterocycles. The first-order valence-electron chi connectivity index (χ1n) is 8.97. The molecule has 1 aromatic carbocycles. The molecule has 2 N–H and O–H groups in total. The van der Waals surface area contributed by atoms with Gasteiger partial charge >= 0.3 is 6.18 Å². The van der Waals surface area contributed by atoms with Gasteiger partial charge in [0.25, 0.3) is 5.91 Å². The van der Waals surface area contributed by atoms with E-state index in [1.165, 1.54) is 6.92 Å². The van der Waals surface area contributed by atoms with Gasteiger partial charge in [-0.05, 0) is 50.5 Å². The second-order valence-corrected chi connectivity index (χ2v) is 6.84. The molecule has 1 aliphatic rings. The summed E-state index contributed by atoms with van der Waals surface area (Å²) < 4.78 is 39.1. The molecule has 0 spiro atoms. The van der Waals surface area contributed by atoms with Gasteiger partial charge < -0.3 is 10.6 Å². The van der Waals surface area contributed by atoms with Crippen molar-refractivity contribution in [3.05, 3.63) is 53.2 Å². The van der Waals surface area contributed by atoms with Crippen LogP contribution in [0, 0.1) is 6.92 Å². The second-order valence-electron chi connectivity index (χ2n) is 6.84. The van der Waals surface area contributed by atoms with E-state index < -0.39 is 11.7 Å². The normalized spacial score (nSPS) is 17.2. The summed E-state index contributed by atoms with van der Waals surface area (Å²) in [5.41, 5.74) is 6.61. The lowest BCUT2D eigenvalue weighted by Crippen LogP contribution is -2.47.